The van der Waals surface area contributed by atoms with Gasteiger partial charge in [0.2, 0.25) is 5.82 Å². The van der Waals surface area contributed by atoms with Crippen LogP contribution in [0, 0.1) is 11.6 Å². The summed E-state index contributed by atoms with van der Waals surface area (Å²) < 4.78 is 48.5. The van der Waals surface area contributed by atoms with E-state index in [0.29, 0.717) is 17.8 Å². The van der Waals surface area contributed by atoms with E-state index in [4.69, 9.17) is 4.74 Å². The maximum absolute atomic E-state index is 14.8. The number of benzene rings is 2. The van der Waals surface area contributed by atoms with Crippen LogP contribution >= 0.6 is 0 Å². The number of ether oxygens (including phenoxy) is 1. The third-order valence-corrected chi connectivity index (χ3v) is 6.32. The highest BCUT2D eigenvalue weighted by atomic mass is 19.2. The molecule has 0 bridgehead atoms. The highest BCUT2D eigenvalue weighted by Gasteiger charge is 2.17. The van der Waals surface area contributed by atoms with Crippen LogP contribution in [0.15, 0.2) is 48.8 Å². The van der Waals surface area contributed by atoms with Crippen LogP contribution in [-0.2, 0) is 6.42 Å². The largest absolute Gasteiger partial charge is 0.487 e. The molecular weight excluding hydrogens is 461 g/mol. The number of alkyl halides is 1. The molecule has 36 heavy (non-hydrogen) atoms. The van der Waals surface area contributed by atoms with E-state index in [0.717, 1.165) is 43.2 Å². The van der Waals surface area contributed by atoms with Crippen LogP contribution in [0.3, 0.4) is 0 Å². The average molecular weight is 499 g/mol. The summed E-state index contributed by atoms with van der Waals surface area (Å²) in [6.07, 6.45) is 12.7. The lowest BCUT2D eigenvalue weighted by Crippen LogP contribution is -2.13. The zero-order chi connectivity index (χ0) is 25.8. The summed E-state index contributed by atoms with van der Waals surface area (Å²) in [4.78, 5) is 8.95. The quantitative estimate of drug-likeness (QED) is 0.196. The molecule has 3 rings (SSSR count). The molecule has 0 unspecified atom stereocenters. The summed E-state index contributed by atoms with van der Waals surface area (Å²) in [5.41, 5.74) is 2.55. The third kappa shape index (κ3) is 8.07. The number of aryl methyl sites for hydroxylation is 1. The van der Waals surface area contributed by atoms with Gasteiger partial charge in [0.1, 0.15) is 12.8 Å². The molecule has 3 nitrogen and oxygen atoms in total. The number of unbranched alkanes of at least 4 members (excludes halogenated alkanes) is 6. The Hall–Kier alpha value is -2.89. The van der Waals surface area contributed by atoms with E-state index in [1.165, 1.54) is 37.8 Å². The molecule has 0 radical (unpaired) electrons. The van der Waals surface area contributed by atoms with Gasteiger partial charge in [-0.3, -0.25) is 0 Å². The van der Waals surface area contributed by atoms with Gasteiger partial charge in [0.15, 0.2) is 17.4 Å². The van der Waals surface area contributed by atoms with E-state index in [9.17, 15) is 13.2 Å². The van der Waals surface area contributed by atoms with Crippen LogP contribution in [0.5, 0.6) is 5.75 Å². The highest BCUT2D eigenvalue weighted by Crippen LogP contribution is 2.31. The van der Waals surface area contributed by atoms with Gasteiger partial charge < -0.3 is 4.74 Å². The molecule has 6 heteroatoms. The highest BCUT2D eigenvalue weighted by molar-refractivity contribution is 5.69. The second-order valence-electron chi connectivity index (χ2n) is 9.30. The first kappa shape index (κ1) is 27.7. The fourth-order valence-electron chi connectivity index (χ4n) is 4.11. The maximum atomic E-state index is 14.8. The van der Waals surface area contributed by atoms with Gasteiger partial charge in [0, 0.05) is 23.5 Å². The van der Waals surface area contributed by atoms with Crippen LogP contribution in [0.1, 0.15) is 77.2 Å². The van der Waals surface area contributed by atoms with E-state index < -0.39 is 17.8 Å². The number of hydrogen-bond donors (Lipinski definition) is 0. The van der Waals surface area contributed by atoms with E-state index >= 15 is 0 Å². The molecule has 194 valence electrons. The second-order valence-corrected chi connectivity index (χ2v) is 9.30. The van der Waals surface area contributed by atoms with Crippen molar-refractivity contribution in [2.45, 2.75) is 84.2 Å². The Kier molecular flexibility index (Phi) is 11.2. The van der Waals surface area contributed by atoms with Crippen LogP contribution in [0.2, 0.25) is 0 Å². The van der Waals surface area contributed by atoms with Crippen molar-refractivity contribution in [3.05, 3.63) is 66.0 Å². The van der Waals surface area contributed by atoms with Crippen LogP contribution < -0.4 is 4.74 Å². The molecule has 1 atom stereocenters. The molecule has 0 N–H and O–H groups in total. The predicted molar refractivity (Wildman–Crippen MR) is 140 cm³/mol. The number of nitrogens with zero attached hydrogens (tertiary/aromatic N) is 2. The lowest BCUT2D eigenvalue weighted by molar-refractivity contribution is 0.178. The van der Waals surface area contributed by atoms with E-state index in [1.807, 2.05) is 19.3 Å². The summed E-state index contributed by atoms with van der Waals surface area (Å²) in [5.74, 6) is -1.80. The standard InChI is InChI=1S/C30H37F3N2O/c1-3-5-7-8-10-11-22-19-34-30(35-20-22)24-15-13-23(14-16-24)26-17-18-27(29(33)28(26)32)36-21-25(31)12-9-6-4-2/h13-20,25H,3-12,21H2,1-2H3/t25-/m0/s1. The van der Waals surface area contributed by atoms with Crippen LogP contribution in [-0.4, -0.2) is 22.7 Å². The summed E-state index contributed by atoms with van der Waals surface area (Å²) in [7, 11) is 0. The van der Waals surface area contributed by atoms with Crippen molar-refractivity contribution in [1.82, 2.24) is 9.97 Å². The number of hydrogen-bond acceptors (Lipinski definition) is 3. The number of halogens is 3. The van der Waals surface area contributed by atoms with Gasteiger partial charge in [0.05, 0.1) is 0 Å². The Morgan fingerprint density at radius 2 is 1.39 bits per heavy atom. The molecule has 3 aromatic rings. The summed E-state index contributed by atoms with van der Waals surface area (Å²) in [6.45, 7) is 3.96. The van der Waals surface area contributed by atoms with E-state index in [-0.39, 0.29) is 17.9 Å². The maximum Gasteiger partial charge on any atom is 0.201 e. The zero-order valence-electron chi connectivity index (χ0n) is 21.4. The normalized spacial score (nSPS) is 12.0. The van der Waals surface area contributed by atoms with Crippen molar-refractivity contribution < 1.29 is 17.9 Å². The smallest absolute Gasteiger partial charge is 0.201 e. The summed E-state index contributed by atoms with van der Waals surface area (Å²) in [5, 5.41) is 0. The van der Waals surface area contributed by atoms with Crippen molar-refractivity contribution in [1.29, 1.82) is 0 Å². The minimum atomic E-state index is -1.20. The van der Waals surface area contributed by atoms with Crippen molar-refractivity contribution in [3.8, 4) is 28.3 Å². The van der Waals surface area contributed by atoms with Gasteiger partial charge in [-0.15, -0.1) is 0 Å². The fourth-order valence-corrected chi connectivity index (χ4v) is 4.11. The molecule has 0 saturated carbocycles. The van der Waals surface area contributed by atoms with E-state index in [2.05, 4.69) is 16.9 Å². The Morgan fingerprint density at radius 1 is 0.750 bits per heavy atom. The predicted octanol–water partition coefficient (Wildman–Crippen LogP) is 8.90. The molecule has 0 amide bonds. The molecule has 1 aromatic heterocycles. The minimum Gasteiger partial charge on any atom is -0.487 e. The van der Waals surface area contributed by atoms with Crippen molar-refractivity contribution in [3.63, 3.8) is 0 Å². The molecule has 1 heterocycles. The summed E-state index contributed by atoms with van der Waals surface area (Å²) >= 11 is 0. The van der Waals surface area contributed by atoms with Gasteiger partial charge in [-0.2, -0.15) is 4.39 Å². The molecule has 0 aliphatic carbocycles. The monoisotopic (exact) mass is 498 g/mol. The lowest BCUT2D eigenvalue weighted by Gasteiger charge is -2.13. The zero-order valence-corrected chi connectivity index (χ0v) is 21.4. The topological polar surface area (TPSA) is 35.0 Å². The fraction of sp³-hybridized carbons (Fsp3) is 0.467. The Labute approximate surface area is 213 Å². The molecule has 0 fully saturated rings. The average Bonchev–Trinajstić information content (AvgIpc) is 2.90. The van der Waals surface area contributed by atoms with Gasteiger partial charge in [-0.1, -0.05) is 83.1 Å². The van der Waals surface area contributed by atoms with Crippen LogP contribution in [0.4, 0.5) is 13.2 Å². The molecule has 0 spiro atoms. The Bertz CT molecular complexity index is 1060. The number of aromatic nitrogens is 2. The first-order valence-corrected chi connectivity index (χ1v) is 13.2. The lowest BCUT2D eigenvalue weighted by atomic mass is 10.0. The summed E-state index contributed by atoms with van der Waals surface area (Å²) in [6, 6.07) is 9.82. The first-order chi connectivity index (χ1) is 17.5. The molecule has 2 aromatic carbocycles. The van der Waals surface area contributed by atoms with Gasteiger partial charge in [-0.25, -0.2) is 18.7 Å². The number of rotatable bonds is 15. The van der Waals surface area contributed by atoms with Gasteiger partial charge in [0.25, 0.3) is 0 Å². The molecule has 0 aliphatic rings. The van der Waals surface area contributed by atoms with Crippen LogP contribution in [0.25, 0.3) is 22.5 Å². The Balaban J connectivity index is 1.60. The van der Waals surface area contributed by atoms with Crippen molar-refractivity contribution in [2.75, 3.05) is 6.61 Å². The Morgan fingerprint density at radius 3 is 2.08 bits per heavy atom. The molecule has 0 saturated heterocycles. The SMILES string of the molecule is CCCCCCCc1cnc(-c2ccc(-c3ccc(OC[C@@H](F)CCCCC)c(F)c3F)cc2)nc1. The minimum absolute atomic E-state index is 0.116. The second kappa shape index (κ2) is 14.6. The van der Waals surface area contributed by atoms with Crippen molar-refractivity contribution >= 4 is 0 Å². The third-order valence-electron chi connectivity index (χ3n) is 6.32. The molecular formula is C30H37F3N2O. The van der Waals surface area contributed by atoms with Gasteiger partial charge in [-0.05, 0) is 42.5 Å². The molecule has 0 aliphatic heterocycles. The van der Waals surface area contributed by atoms with Gasteiger partial charge >= 0.3 is 0 Å². The first-order valence-electron chi connectivity index (χ1n) is 13.2. The van der Waals surface area contributed by atoms with Crippen molar-refractivity contribution in [2.24, 2.45) is 0 Å². The van der Waals surface area contributed by atoms with E-state index in [1.54, 1.807) is 24.3 Å².